The molecule has 0 unspecified atom stereocenters. The van der Waals surface area contributed by atoms with E-state index in [9.17, 15) is 0 Å². The van der Waals surface area contributed by atoms with Crippen molar-refractivity contribution in [2.75, 3.05) is 0 Å². The second kappa shape index (κ2) is 21.4. The minimum absolute atomic E-state index is 0. The van der Waals surface area contributed by atoms with E-state index in [0.29, 0.717) is 0 Å². The zero-order valence-electron chi connectivity index (χ0n) is 17.2. The monoisotopic (exact) mass is 504 g/mol. The number of unbranched alkanes of at least 4 members (excludes halogenated alkanes) is 2. The quantitative estimate of drug-likeness (QED) is 0.238. The maximum atomic E-state index is 3.68. The van der Waals surface area contributed by atoms with Crippen LogP contribution in [0, 0.1) is 13.8 Å². The Hall–Kier alpha value is -1.27. The van der Waals surface area contributed by atoms with Crippen LogP contribution < -0.4 is 0 Å². The molecule has 0 aromatic heterocycles. The predicted molar refractivity (Wildman–Crippen MR) is 134 cm³/mol. The summed E-state index contributed by atoms with van der Waals surface area (Å²) in [6.45, 7) is 12.3. The third-order valence-corrected chi connectivity index (χ3v) is 3.70. The van der Waals surface area contributed by atoms with Crippen LogP contribution in [-0.4, -0.2) is 0 Å². The van der Waals surface area contributed by atoms with Gasteiger partial charge in [-0.25, -0.2) is 19.6 Å². The summed E-state index contributed by atoms with van der Waals surface area (Å²) in [5.41, 5.74) is 0. The van der Waals surface area contributed by atoms with Gasteiger partial charge in [0.05, 0.1) is 0 Å². The average molecular weight is 507 g/mol. The fourth-order valence-electron chi connectivity index (χ4n) is 2.39. The number of fused-ring (bicyclic) bond motifs is 2. The number of hydrogen-bond donors (Lipinski definition) is 0. The molecule has 3 heteroatoms. The maximum absolute atomic E-state index is 3.68. The van der Waals surface area contributed by atoms with Gasteiger partial charge in [-0.05, 0) is 0 Å². The SMILES string of the molecule is C=C[CH2-].Cl.Cl.[CH2-]CCCC.[Zr+4].c1ccc2[cH-]ccc2c1.c1ccc2[cH-]ccc2c1. The number of halogens is 2. The average Bonchev–Trinajstić information content (AvgIpc) is 3.33. The van der Waals surface area contributed by atoms with Crippen molar-refractivity contribution in [1.82, 2.24) is 0 Å². The van der Waals surface area contributed by atoms with Crippen molar-refractivity contribution in [3.63, 3.8) is 0 Å². The van der Waals surface area contributed by atoms with Gasteiger partial charge in [0.1, 0.15) is 0 Å². The molecule has 29 heavy (non-hydrogen) atoms. The van der Waals surface area contributed by atoms with Crippen LogP contribution >= 0.6 is 24.8 Å². The van der Waals surface area contributed by atoms with E-state index in [1.54, 1.807) is 0 Å². The van der Waals surface area contributed by atoms with Crippen molar-refractivity contribution < 1.29 is 26.2 Å². The zero-order valence-corrected chi connectivity index (χ0v) is 21.3. The molecule has 0 N–H and O–H groups in total. The van der Waals surface area contributed by atoms with E-state index in [4.69, 9.17) is 0 Å². The molecule has 0 fully saturated rings. The van der Waals surface area contributed by atoms with Gasteiger partial charge in [0.15, 0.2) is 0 Å². The number of rotatable bonds is 2. The molecular weight excluding hydrogens is 474 g/mol. The molecule has 4 rings (SSSR count). The number of hydrogen-bond acceptors (Lipinski definition) is 0. The Morgan fingerprint density at radius 2 is 1.21 bits per heavy atom. The fraction of sp³-hybridized carbons (Fsp3) is 0.154. The van der Waals surface area contributed by atoms with Crippen LogP contribution in [0.4, 0.5) is 0 Å². The molecule has 0 atom stereocenters. The summed E-state index contributed by atoms with van der Waals surface area (Å²) in [4.78, 5) is 0. The summed E-state index contributed by atoms with van der Waals surface area (Å²) >= 11 is 0. The number of benzene rings is 2. The van der Waals surface area contributed by atoms with Crippen LogP contribution in [0.2, 0.25) is 0 Å². The largest absolute Gasteiger partial charge is 4.00 e. The van der Waals surface area contributed by atoms with Gasteiger partial charge in [-0.1, -0.05) is 31.9 Å². The Morgan fingerprint density at radius 1 is 0.828 bits per heavy atom. The van der Waals surface area contributed by atoms with Gasteiger partial charge in [0.25, 0.3) is 0 Å². The van der Waals surface area contributed by atoms with Crippen LogP contribution in [0.25, 0.3) is 21.5 Å². The van der Waals surface area contributed by atoms with E-state index < -0.39 is 0 Å². The van der Waals surface area contributed by atoms with Gasteiger partial charge < -0.3 is 6.92 Å². The van der Waals surface area contributed by atoms with E-state index in [0.717, 1.165) is 6.42 Å². The second-order valence-corrected chi connectivity index (χ2v) is 5.81. The van der Waals surface area contributed by atoms with Crippen LogP contribution in [-0.2, 0) is 26.2 Å². The first kappa shape index (κ1) is 32.4. The van der Waals surface area contributed by atoms with E-state index in [1.165, 1.54) is 40.5 Å². The molecule has 0 spiro atoms. The molecule has 0 radical (unpaired) electrons. The van der Waals surface area contributed by atoms with Crippen LogP contribution in [0.3, 0.4) is 0 Å². The Kier molecular flexibility index (Phi) is 24.0. The maximum Gasteiger partial charge on any atom is 4.00 e. The summed E-state index contributed by atoms with van der Waals surface area (Å²) in [5, 5.41) is 5.32. The predicted octanol–water partition coefficient (Wildman–Crippen LogP) is 8.98. The summed E-state index contributed by atoms with van der Waals surface area (Å²) in [6.07, 6.45) is 5.15. The molecule has 0 nitrogen and oxygen atoms in total. The van der Waals surface area contributed by atoms with E-state index in [2.05, 4.69) is 112 Å². The molecule has 0 aliphatic heterocycles. The van der Waals surface area contributed by atoms with Gasteiger partial charge in [0, 0.05) is 0 Å². The van der Waals surface area contributed by atoms with E-state index in [-0.39, 0.29) is 51.0 Å². The molecular formula is C26H32Cl2Zr. The smallest absolute Gasteiger partial charge is 0.343 e. The Balaban J connectivity index is -0.000000323. The molecule has 0 heterocycles. The standard InChI is InChI=1S/2C9H7.C5H11.C3H5.2ClH.Zr/c2*1-2-5-9-7-3-6-8(9)4-1;1-3-5-4-2;1-3-2;;;/h2*1-7H;1,3-5H2,2H3;3H,1-2H2;2*1H;/q4*-1;;;+4. The van der Waals surface area contributed by atoms with E-state index >= 15 is 0 Å². The van der Waals surface area contributed by atoms with E-state index in [1.807, 2.05) is 0 Å². The van der Waals surface area contributed by atoms with Crippen molar-refractivity contribution in [1.29, 1.82) is 0 Å². The van der Waals surface area contributed by atoms with Gasteiger partial charge in [-0.3, -0.25) is 0 Å². The second-order valence-electron chi connectivity index (χ2n) is 5.81. The Labute approximate surface area is 209 Å². The Bertz CT molecular complexity index is 717. The van der Waals surface area contributed by atoms with Gasteiger partial charge in [-0.15, -0.1) is 84.1 Å². The zero-order chi connectivity index (χ0) is 19.0. The number of allylic oxidation sites excluding steroid dienone is 1. The molecule has 0 aliphatic rings. The molecule has 0 saturated heterocycles. The van der Waals surface area contributed by atoms with Gasteiger partial charge in [0.2, 0.25) is 0 Å². The minimum atomic E-state index is 0. The molecule has 4 aromatic rings. The molecule has 0 amide bonds. The molecule has 154 valence electrons. The molecule has 0 saturated carbocycles. The van der Waals surface area contributed by atoms with Crippen molar-refractivity contribution in [2.45, 2.75) is 26.2 Å². The normalized spacial score (nSPS) is 8.21. The van der Waals surface area contributed by atoms with Crippen LogP contribution in [0.5, 0.6) is 0 Å². The first-order valence-electron chi connectivity index (χ1n) is 9.17. The van der Waals surface area contributed by atoms with Gasteiger partial charge in [-0.2, -0.15) is 41.5 Å². The summed E-state index contributed by atoms with van der Waals surface area (Å²) < 4.78 is 0. The third-order valence-electron chi connectivity index (χ3n) is 3.70. The first-order valence-corrected chi connectivity index (χ1v) is 9.17. The van der Waals surface area contributed by atoms with Gasteiger partial charge >= 0.3 is 26.2 Å². The van der Waals surface area contributed by atoms with Crippen molar-refractivity contribution in [3.05, 3.63) is 111 Å². The topological polar surface area (TPSA) is 0 Å². The Morgan fingerprint density at radius 3 is 1.48 bits per heavy atom. The van der Waals surface area contributed by atoms with Crippen LogP contribution in [0.1, 0.15) is 26.2 Å². The summed E-state index contributed by atoms with van der Waals surface area (Å²) in [5.74, 6) is 0. The fourth-order valence-corrected chi connectivity index (χ4v) is 2.39. The molecule has 0 bridgehead atoms. The third kappa shape index (κ3) is 13.6. The van der Waals surface area contributed by atoms with Crippen LogP contribution in [0.15, 0.2) is 97.6 Å². The molecule has 4 aromatic carbocycles. The molecule has 0 aliphatic carbocycles. The van der Waals surface area contributed by atoms with Crippen molar-refractivity contribution >= 4 is 46.4 Å². The minimum Gasteiger partial charge on any atom is -0.343 e. The summed E-state index contributed by atoms with van der Waals surface area (Å²) in [7, 11) is 0. The summed E-state index contributed by atoms with van der Waals surface area (Å²) in [6, 6.07) is 29.3. The van der Waals surface area contributed by atoms with Crippen molar-refractivity contribution in [2.24, 2.45) is 0 Å². The van der Waals surface area contributed by atoms with Crippen molar-refractivity contribution in [3.8, 4) is 0 Å². The first-order chi connectivity index (χ1) is 12.8.